The Morgan fingerprint density at radius 3 is 2.79 bits per heavy atom. The highest BCUT2D eigenvalue weighted by Crippen LogP contribution is 2.18. The molecule has 0 amide bonds. The molecule has 7 nitrogen and oxygen atoms in total. The molecule has 2 aromatic rings. The van der Waals surface area contributed by atoms with Crippen molar-refractivity contribution in [2.75, 3.05) is 16.4 Å². The number of sulfonamides is 1. The third-order valence-corrected chi connectivity index (χ3v) is 4.11. The summed E-state index contributed by atoms with van der Waals surface area (Å²) in [6.45, 7) is 1.84. The van der Waals surface area contributed by atoms with Crippen LogP contribution in [0.2, 0.25) is 0 Å². The van der Waals surface area contributed by atoms with Crippen LogP contribution >= 0.6 is 11.6 Å². The summed E-state index contributed by atoms with van der Waals surface area (Å²) in [5.74, 6) is -0.0701. The van der Waals surface area contributed by atoms with Crippen LogP contribution in [0.1, 0.15) is 5.56 Å². The second kappa shape index (κ2) is 5.54. The predicted molar refractivity (Wildman–Crippen MR) is 72.0 cm³/mol. The number of nitrogens with one attached hydrogen (secondary N) is 1. The number of hydrogen-bond donors (Lipinski definition) is 1. The van der Waals surface area contributed by atoms with Gasteiger partial charge in [-0.3, -0.25) is 4.72 Å². The van der Waals surface area contributed by atoms with Gasteiger partial charge in [-0.2, -0.15) is 0 Å². The molecular formula is C10H12ClN5O2S. The van der Waals surface area contributed by atoms with Gasteiger partial charge < -0.3 is 0 Å². The van der Waals surface area contributed by atoms with E-state index in [2.05, 4.69) is 20.2 Å². The molecule has 1 aromatic heterocycles. The van der Waals surface area contributed by atoms with E-state index in [-0.39, 0.29) is 11.6 Å². The summed E-state index contributed by atoms with van der Waals surface area (Å²) >= 11 is 5.43. The largest absolute Gasteiger partial charge is 0.284 e. The minimum Gasteiger partial charge on any atom is -0.284 e. The van der Waals surface area contributed by atoms with Crippen LogP contribution in [0.25, 0.3) is 5.69 Å². The van der Waals surface area contributed by atoms with Gasteiger partial charge in [0.25, 0.3) is 0 Å². The maximum atomic E-state index is 11.6. The lowest BCUT2D eigenvalue weighted by Crippen LogP contribution is -2.17. The number of hydrogen-bond acceptors (Lipinski definition) is 5. The summed E-state index contributed by atoms with van der Waals surface area (Å²) in [5.41, 5.74) is 2.11. The van der Waals surface area contributed by atoms with Crippen molar-refractivity contribution in [2.24, 2.45) is 0 Å². The molecule has 0 spiro atoms. The van der Waals surface area contributed by atoms with E-state index in [1.165, 1.54) is 11.0 Å². The molecule has 2 rings (SSSR count). The lowest BCUT2D eigenvalue weighted by Gasteiger charge is -2.10. The van der Waals surface area contributed by atoms with Gasteiger partial charge in [-0.1, -0.05) is 0 Å². The number of anilines is 1. The van der Waals surface area contributed by atoms with Crippen LogP contribution in [0.15, 0.2) is 24.5 Å². The van der Waals surface area contributed by atoms with Gasteiger partial charge in [0.1, 0.15) is 6.33 Å². The van der Waals surface area contributed by atoms with Crippen LogP contribution in [0, 0.1) is 6.92 Å². The number of halogens is 1. The van der Waals surface area contributed by atoms with Gasteiger partial charge in [0.2, 0.25) is 10.0 Å². The first kappa shape index (κ1) is 13.8. The van der Waals surface area contributed by atoms with Crippen LogP contribution in [-0.2, 0) is 10.0 Å². The summed E-state index contributed by atoms with van der Waals surface area (Å²) in [7, 11) is -3.40. The second-order valence-corrected chi connectivity index (χ2v) is 6.09. The summed E-state index contributed by atoms with van der Waals surface area (Å²) in [4.78, 5) is 0. The topological polar surface area (TPSA) is 89.8 Å². The van der Waals surface area contributed by atoms with Crippen LogP contribution in [0.5, 0.6) is 0 Å². The first-order valence-electron chi connectivity index (χ1n) is 5.42. The molecular weight excluding hydrogens is 290 g/mol. The zero-order valence-corrected chi connectivity index (χ0v) is 11.7. The van der Waals surface area contributed by atoms with E-state index in [0.29, 0.717) is 5.69 Å². The third-order valence-electron chi connectivity index (χ3n) is 2.41. The van der Waals surface area contributed by atoms with Crippen LogP contribution in [0.3, 0.4) is 0 Å². The van der Waals surface area contributed by atoms with Gasteiger partial charge in [-0.25, -0.2) is 13.1 Å². The Morgan fingerprint density at radius 2 is 2.21 bits per heavy atom. The van der Waals surface area contributed by atoms with Crippen molar-refractivity contribution in [2.45, 2.75) is 6.92 Å². The third kappa shape index (κ3) is 3.42. The summed E-state index contributed by atoms with van der Waals surface area (Å²) in [6, 6.07) is 5.10. The number of alkyl halides is 1. The van der Waals surface area contributed by atoms with Gasteiger partial charge in [0.05, 0.1) is 11.4 Å². The monoisotopic (exact) mass is 301 g/mol. The van der Waals surface area contributed by atoms with E-state index in [0.717, 1.165) is 11.3 Å². The quantitative estimate of drug-likeness (QED) is 0.831. The maximum absolute atomic E-state index is 11.6. The van der Waals surface area contributed by atoms with E-state index in [4.69, 9.17) is 11.6 Å². The number of rotatable bonds is 5. The van der Waals surface area contributed by atoms with Crippen LogP contribution in [0.4, 0.5) is 5.69 Å². The minimum absolute atomic E-state index is 0.0526. The summed E-state index contributed by atoms with van der Waals surface area (Å²) < 4.78 is 27.1. The molecule has 0 aliphatic heterocycles. The summed E-state index contributed by atoms with van der Waals surface area (Å²) in [5, 5.41) is 10.9. The Kier molecular flexibility index (Phi) is 4.01. The highest BCUT2D eigenvalue weighted by atomic mass is 35.5. The van der Waals surface area contributed by atoms with E-state index in [9.17, 15) is 8.42 Å². The number of tetrazole rings is 1. The Bertz CT molecular complexity index is 657. The zero-order chi connectivity index (χ0) is 13.9. The van der Waals surface area contributed by atoms with Gasteiger partial charge in [-0.15, -0.1) is 16.7 Å². The smallest absolute Gasteiger partial charge is 0.233 e. The molecule has 0 aliphatic rings. The molecule has 1 aromatic carbocycles. The zero-order valence-electron chi connectivity index (χ0n) is 10.1. The van der Waals surface area contributed by atoms with Crippen molar-refractivity contribution in [3.8, 4) is 5.69 Å². The number of benzene rings is 1. The highest BCUT2D eigenvalue weighted by molar-refractivity contribution is 7.92. The molecule has 0 saturated heterocycles. The average molecular weight is 302 g/mol. The number of nitrogens with zero attached hydrogens (tertiary/aromatic N) is 4. The number of aromatic nitrogens is 4. The van der Waals surface area contributed by atoms with Crippen molar-refractivity contribution in [1.82, 2.24) is 20.2 Å². The number of aryl methyl sites for hydroxylation is 1. The molecule has 0 fully saturated rings. The van der Waals surface area contributed by atoms with Gasteiger partial charge in [0.15, 0.2) is 0 Å². The predicted octanol–water partition coefficient (Wildman–Crippen LogP) is 0.951. The fourth-order valence-corrected chi connectivity index (χ4v) is 2.98. The molecule has 0 bridgehead atoms. The molecule has 19 heavy (non-hydrogen) atoms. The lowest BCUT2D eigenvalue weighted by molar-refractivity contribution is 0.602. The molecule has 102 valence electrons. The molecule has 1 N–H and O–H groups in total. The van der Waals surface area contributed by atoms with E-state index in [1.54, 1.807) is 18.2 Å². The Hall–Kier alpha value is -1.67. The van der Waals surface area contributed by atoms with Crippen molar-refractivity contribution in [3.63, 3.8) is 0 Å². The molecule has 1 heterocycles. The average Bonchev–Trinajstić information content (AvgIpc) is 2.81. The maximum Gasteiger partial charge on any atom is 0.233 e. The van der Waals surface area contributed by atoms with E-state index in [1.807, 2.05) is 6.92 Å². The van der Waals surface area contributed by atoms with Crippen LogP contribution < -0.4 is 4.72 Å². The molecule has 0 unspecified atom stereocenters. The van der Waals surface area contributed by atoms with Crippen molar-refractivity contribution < 1.29 is 8.42 Å². The Morgan fingerprint density at radius 1 is 1.42 bits per heavy atom. The van der Waals surface area contributed by atoms with Crippen molar-refractivity contribution >= 4 is 27.3 Å². The van der Waals surface area contributed by atoms with Crippen molar-refractivity contribution in [1.29, 1.82) is 0 Å². The van der Waals surface area contributed by atoms with E-state index >= 15 is 0 Å². The fraction of sp³-hybridized carbons (Fsp3) is 0.300. The van der Waals surface area contributed by atoms with Crippen LogP contribution in [-0.4, -0.2) is 40.3 Å². The molecule has 9 heteroatoms. The molecule has 0 atom stereocenters. The summed E-state index contributed by atoms with van der Waals surface area (Å²) in [6.07, 6.45) is 1.47. The van der Waals surface area contributed by atoms with Crippen molar-refractivity contribution in [3.05, 3.63) is 30.1 Å². The SMILES string of the molecule is Cc1cc(NS(=O)(=O)CCCl)ccc1-n1cnnn1. The van der Waals surface area contributed by atoms with Gasteiger partial charge in [-0.05, 0) is 41.1 Å². The van der Waals surface area contributed by atoms with E-state index < -0.39 is 10.0 Å². The standard InChI is InChI=1S/C10H12ClN5O2S/c1-8-6-9(13-19(17,18)5-4-11)2-3-10(8)16-7-12-14-15-16/h2-3,6-7,13H,4-5H2,1H3. The molecule has 0 saturated carbocycles. The fourth-order valence-electron chi connectivity index (χ4n) is 1.58. The van der Waals surface area contributed by atoms with Gasteiger partial charge >= 0.3 is 0 Å². The second-order valence-electron chi connectivity index (χ2n) is 3.87. The Balaban J connectivity index is 2.25. The Labute approximate surface area is 115 Å². The first-order chi connectivity index (χ1) is 9.02. The lowest BCUT2D eigenvalue weighted by atomic mass is 10.2. The molecule has 0 radical (unpaired) electrons. The van der Waals surface area contributed by atoms with Gasteiger partial charge in [0, 0.05) is 11.6 Å². The minimum atomic E-state index is -3.40. The normalized spacial score (nSPS) is 11.5. The first-order valence-corrected chi connectivity index (χ1v) is 7.61. The molecule has 0 aliphatic carbocycles. The highest BCUT2D eigenvalue weighted by Gasteiger charge is 2.10.